The molecule has 0 saturated heterocycles. The summed E-state index contributed by atoms with van der Waals surface area (Å²) in [6, 6.07) is 12.7. The number of amidine groups is 1. The van der Waals surface area contributed by atoms with Gasteiger partial charge in [0.05, 0.1) is 11.4 Å². The van der Waals surface area contributed by atoms with Crippen molar-refractivity contribution in [1.82, 2.24) is 0 Å². The van der Waals surface area contributed by atoms with Crippen LogP contribution in [0.25, 0.3) is 0 Å². The van der Waals surface area contributed by atoms with Gasteiger partial charge in [-0.05, 0) is 43.5 Å². The first-order valence-corrected chi connectivity index (χ1v) is 12.0. The highest BCUT2D eigenvalue weighted by Gasteiger charge is 2.30. The molecule has 0 radical (unpaired) electrons. The van der Waals surface area contributed by atoms with E-state index in [0.29, 0.717) is 17.4 Å². The number of amides is 1. The SMILES string of the molecule is CCCCN1C(SCC(=O)Nc2c(C)cccc2C)=NS(=O)(=O)c2ccccc21. The molecule has 0 unspecified atom stereocenters. The molecule has 1 aliphatic heterocycles. The topological polar surface area (TPSA) is 78.8 Å². The maximum Gasteiger partial charge on any atom is 0.286 e. The zero-order valence-electron chi connectivity index (χ0n) is 16.8. The van der Waals surface area contributed by atoms with Crippen molar-refractivity contribution in [3.8, 4) is 0 Å². The molecule has 0 aromatic heterocycles. The second-order valence-corrected chi connectivity index (χ2v) is 9.44. The number of unbranched alkanes of at least 4 members (excludes halogenated alkanes) is 1. The van der Waals surface area contributed by atoms with Gasteiger partial charge in [0, 0.05) is 12.2 Å². The molecule has 0 saturated carbocycles. The Morgan fingerprint density at radius 1 is 1.10 bits per heavy atom. The normalized spacial score (nSPS) is 14.9. The number of nitrogens with zero attached hydrogens (tertiary/aromatic N) is 2. The van der Waals surface area contributed by atoms with Gasteiger partial charge in [-0.1, -0.05) is 55.4 Å². The predicted octanol–water partition coefficient (Wildman–Crippen LogP) is 4.34. The zero-order valence-corrected chi connectivity index (χ0v) is 18.4. The largest absolute Gasteiger partial charge is 0.325 e. The molecule has 0 fully saturated rings. The average molecular weight is 432 g/mol. The second kappa shape index (κ2) is 9.00. The number of sulfonamides is 1. The highest BCUT2D eigenvalue weighted by atomic mass is 32.2. The van der Waals surface area contributed by atoms with E-state index in [9.17, 15) is 13.2 Å². The van der Waals surface area contributed by atoms with Crippen molar-refractivity contribution in [3.05, 3.63) is 53.6 Å². The van der Waals surface area contributed by atoms with Gasteiger partial charge in [-0.25, -0.2) is 0 Å². The van der Waals surface area contributed by atoms with Gasteiger partial charge in [-0.3, -0.25) is 4.79 Å². The number of aryl methyl sites for hydroxylation is 2. The lowest BCUT2D eigenvalue weighted by molar-refractivity contribution is -0.113. The Morgan fingerprint density at radius 3 is 2.48 bits per heavy atom. The van der Waals surface area contributed by atoms with Crippen LogP contribution >= 0.6 is 11.8 Å². The fourth-order valence-electron chi connectivity index (χ4n) is 3.16. The van der Waals surface area contributed by atoms with Crippen molar-refractivity contribution in [1.29, 1.82) is 0 Å². The second-order valence-electron chi connectivity index (χ2n) is 6.93. The average Bonchev–Trinajstić information content (AvgIpc) is 2.69. The van der Waals surface area contributed by atoms with Gasteiger partial charge >= 0.3 is 0 Å². The number of para-hydroxylation sites is 2. The van der Waals surface area contributed by atoms with Gasteiger partial charge in [-0.2, -0.15) is 8.42 Å². The van der Waals surface area contributed by atoms with Crippen LogP contribution in [0.4, 0.5) is 11.4 Å². The molecule has 1 N–H and O–H groups in total. The number of thioether (sulfide) groups is 1. The van der Waals surface area contributed by atoms with E-state index in [-0.39, 0.29) is 16.6 Å². The van der Waals surface area contributed by atoms with Crippen molar-refractivity contribution in [3.63, 3.8) is 0 Å². The molecule has 0 aliphatic carbocycles. The van der Waals surface area contributed by atoms with Gasteiger partial charge in [-0.15, -0.1) is 4.40 Å². The van der Waals surface area contributed by atoms with Crippen LogP contribution in [0.2, 0.25) is 0 Å². The summed E-state index contributed by atoms with van der Waals surface area (Å²) in [6.07, 6.45) is 1.86. The molecule has 1 aliphatic rings. The van der Waals surface area contributed by atoms with E-state index in [1.807, 2.05) is 43.0 Å². The number of nitrogens with one attached hydrogen (secondary N) is 1. The summed E-state index contributed by atoms with van der Waals surface area (Å²) in [5, 5.41) is 3.27. The number of hydrogen-bond acceptors (Lipinski definition) is 5. The number of hydrogen-bond donors (Lipinski definition) is 1. The number of carbonyl (C=O) groups excluding carboxylic acids is 1. The minimum Gasteiger partial charge on any atom is -0.325 e. The number of carbonyl (C=O) groups is 1. The molecular weight excluding hydrogens is 406 g/mol. The van der Waals surface area contributed by atoms with E-state index in [1.165, 1.54) is 0 Å². The summed E-state index contributed by atoms with van der Waals surface area (Å²) >= 11 is 1.15. The number of fused-ring (bicyclic) bond motifs is 1. The van der Waals surface area contributed by atoms with E-state index in [1.54, 1.807) is 18.2 Å². The maximum absolute atomic E-state index is 12.6. The van der Waals surface area contributed by atoms with Gasteiger partial charge < -0.3 is 10.2 Å². The van der Waals surface area contributed by atoms with Gasteiger partial charge in [0.25, 0.3) is 10.0 Å². The zero-order chi connectivity index (χ0) is 21.0. The van der Waals surface area contributed by atoms with Crippen LogP contribution in [-0.2, 0) is 14.8 Å². The van der Waals surface area contributed by atoms with E-state index in [2.05, 4.69) is 16.6 Å². The van der Waals surface area contributed by atoms with Crippen LogP contribution in [0.1, 0.15) is 30.9 Å². The molecule has 0 bridgehead atoms. The lowest BCUT2D eigenvalue weighted by atomic mass is 10.1. The van der Waals surface area contributed by atoms with E-state index >= 15 is 0 Å². The molecular formula is C21H25N3O3S2. The molecule has 2 aromatic carbocycles. The molecule has 29 heavy (non-hydrogen) atoms. The van der Waals surface area contributed by atoms with E-state index in [0.717, 1.165) is 41.4 Å². The molecule has 0 spiro atoms. The van der Waals surface area contributed by atoms with Gasteiger partial charge in [0.15, 0.2) is 5.17 Å². The van der Waals surface area contributed by atoms with Crippen LogP contribution < -0.4 is 10.2 Å². The summed E-state index contributed by atoms with van der Waals surface area (Å²) in [4.78, 5) is 14.6. The molecule has 0 atom stereocenters. The third-order valence-corrected chi connectivity index (χ3v) is 7.08. The maximum atomic E-state index is 12.6. The van der Waals surface area contributed by atoms with Crippen LogP contribution in [0, 0.1) is 13.8 Å². The number of anilines is 2. The van der Waals surface area contributed by atoms with Crippen molar-refractivity contribution in [2.24, 2.45) is 4.40 Å². The smallest absolute Gasteiger partial charge is 0.286 e. The highest BCUT2D eigenvalue weighted by molar-refractivity contribution is 8.15. The molecule has 154 valence electrons. The summed E-state index contributed by atoms with van der Waals surface area (Å²) in [5.41, 5.74) is 3.39. The van der Waals surface area contributed by atoms with E-state index in [4.69, 9.17) is 0 Å². The van der Waals surface area contributed by atoms with E-state index < -0.39 is 10.0 Å². The predicted molar refractivity (Wildman–Crippen MR) is 120 cm³/mol. The first-order chi connectivity index (χ1) is 13.8. The molecule has 2 aromatic rings. The van der Waals surface area contributed by atoms with Gasteiger partial charge in [0.1, 0.15) is 4.90 Å². The Morgan fingerprint density at radius 2 is 1.79 bits per heavy atom. The molecule has 6 nitrogen and oxygen atoms in total. The minimum absolute atomic E-state index is 0.0763. The van der Waals surface area contributed by atoms with Crippen molar-refractivity contribution < 1.29 is 13.2 Å². The lowest BCUT2D eigenvalue weighted by Gasteiger charge is -2.30. The van der Waals surface area contributed by atoms with Crippen molar-refractivity contribution in [2.75, 3.05) is 22.5 Å². The Kier molecular flexibility index (Phi) is 6.64. The minimum atomic E-state index is -3.78. The summed E-state index contributed by atoms with van der Waals surface area (Å²) < 4.78 is 29.2. The van der Waals surface area contributed by atoms with Crippen LogP contribution in [-0.4, -0.2) is 31.8 Å². The first kappa shape index (κ1) is 21.4. The summed E-state index contributed by atoms with van der Waals surface area (Å²) in [7, 11) is -3.78. The Hall–Kier alpha value is -2.32. The highest BCUT2D eigenvalue weighted by Crippen LogP contribution is 2.34. The monoisotopic (exact) mass is 431 g/mol. The summed E-state index contributed by atoms with van der Waals surface area (Å²) in [5.74, 6) is -0.116. The standard InChI is InChI=1S/C21H25N3O3S2/c1-4-5-13-24-17-11-6-7-12-18(17)29(26,27)23-21(24)28-14-19(25)22-20-15(2)9-8-10-16(20)3/h6-12H,4-5,13-14H2,1-3H3,(H,22,25). The Balaban J connectivity index is 1.79. The van der Waals surface area contributed by atoms with Crippen LogP contribution in [0.5, 0.6) is 0 Å². The lowest BCUT2D eigenvalue weighted by Crippen LogP contribution is -2.35. The Bertz CT molecular complexity index is 1030. The third kappa shape index (κ3) is 4.82. The quantitative estimate of drug-likeness (QED) is 0.736. The Labute approximate surface area is 176 Å². The first-order valence-electron chi connectivity index (χ1n) is 9.54. The fourth-order valence-corrected chi connectivity index (χ4v) is 5.44. The van der Waals surface area contributed by atoms with Crippen molar-refractivity contribution in [2.45, 2.75) is 38.5 Å². The molecule has 1 heterocycles. The fraction of sp³-hybridized carbons (Fsp3) is 0.333. The number of rotatable bonds is 6. The van der Waals surface area contributed by atoms with Crippen LogP contribution in [0.3, 0.4) is 0 Å². The number of benzene rings is 2. The third-order valence-electron chi connectivity index (χ3n) is 4.68. The van der Waals surface area contributed by atoms with Crippen LogP contribution in [0.15, 0.2) is 51.8 Å². The molecule has 1 amide bonds. The van der Waals surface area contributed by atoms with Crippen molar-refractivity contribution >= 4 is 44.2 Å². The molecule has 8 heteroatoms. The molecule has 3 rings (SSSR count). The van der Waals surface area contributed by atoms with Gasteiger partial charge in [0.2, 0.25) is 5.91 Å². The summed E-state index contributed by atoms with van der Waals surface area (Å²) in [6.45, 7) is 6.61.